The summed E-state index contributed by atoms with van der Waals surface area (Å²) in [5, 5.41) is 2.53. The first kappa shape index (κ1) is 10.3. The fourth-order valence-corrected chi connectivity index (χ4v) is 0.489. The molecule has 0 radical (unpaired) electrons. The second-order valence-corrected chi connectivity index (χ2v) is 2.21. The van der Waals surface area contributed by atoms with Crippen LogP contribution in [-0.4, -0.2) is 18.8 Å². The number of nitrogens with one attached hydrogen (secondary N) is 1. The van der Waals surface area contributed by atoms with Crippen molar-refractivity contribution in [1.82, 2.24) is 5.32 Å². The average Bonchev–Trinajstić information content (AvgIpc) is 1.85. The Morgan fingerprint density at radius 3 is 2.45 bits per heavy atom. The van der Waals surface area contributed by atoms with Gasteiger partial charge in [0.2, 0.25) is 0 Å². The van der Waals surface area contributed by atoms with E-state index in [0.29, 0.717) is 0 Å². The number of hydrogen-bond donors (Lipinski definition) is 1. The predicted molar refractivity (Wildman–Crippen MR) is 37.0 cm³/mol. The summed E-state index contributed by atoms with van der Waals surface area (Å²) >= 11 is 0. The largest absolute Gasteiger partial charge is 0.390 e. The Kier molecular flexibility index (Phi) is 3.98. The predicted octanol–water partition coefficient (Wildman–Crippen LogP) is 1.55. The zero-order chi connectivity index (χ0) is 8.91. The van der Waals surface area contributed by atoms with Gasteiger partial charge in [-0.15, -0.1) is 6.42 Å². The first-order valence-corrected chi connectivity index (χ1v) is 3.22. The number of alkyl halides is 3. The van der Waals surface area contributed by atoms with Gasteiger partial charge in [0.15, 0.2) is 0 Å². The van der Waals surface area contributed by atoms with Crippen LogP contribution in [0.1, 0.15) is 13.3 Å². The minimum Gasteiger partial charge on any atom is -0.304 e. The van der Waals surface area contributed by atoms with Crippen molar-refractivity contribution in [1.29, 1.82) is 0 Å². The molecule has 64 valence electrons. The van der Waals surface area contributed by atoms with Gasteiger partial charge in [-0.2, -0.15) is 13.2 Å². The first-order valence-electron chi connectivity index (χ1n) is 3.22. The number of hydrogen-bond acceptors (Lipinski definition) is 1. The van der Waals surface area contributed by atoms with Gasteiger partial charge < -0.3 is 5.32 Å². The van der Waals surface area contributed by atoms with Gasteiger partial charge in [-0.05, 0) is 6.92 Å². The van der Waals surface area contributed by atoms with E-state index in [-0.39, 0.29) is 12.6 Å². The summed E-state index contributed by atoms with van der Waals surface area (Å²) in [5.41, 5.74) is 0. The molecule has 0 aromatic heterocycles. The summed E-state index contributed by atoms with van der Waals surface area (Å²) in [7, 11) is 0. The Labute approximate surface area is 64.0 Å². The van der Waals surface area contributed by atoms with Crippen molar-refractivity contribution in [3.05, 3.63) is 0 Å². The highest BCUT2D eigenvalue weighted by Crippen LogP contribution is 2.18. The summed E-state index contributed by atoms with van der Waals surface area (Å²) in [4.78, 5) is 0. The van der Waals surface area contributed by atoms with Gasteiger partial charge in [0.1, 0.15) is 0 Å². The van der Waals surface area contributed by atoms with Crippen molar-refractivity contribution in [2.24, 2.45) is 0 Å². The van der Waals surface area contributed by atoms with Gasteiger partial charge >= 0.3 is 6.18 Å². The average molecular weight is 165 g/mol. The molecule has 4 heteroatoms. The maximum absolute atomic E-state index is 11.5. The van der Waals surface area contributed by atoms with E-state index in [2.05, 4.69) is 11.2 Å². The van der Waals surface area contributed by atoms with E-state index in [9.17, 15) is 13.2 Å². The Hall–Kier alpha value is -0.690. The third-order valence-corrected chi connectivity index (χ3v) is 1.11. The Morgan fingerprint density at radius 2 is 2.09 bits per heavy atom. The van der Waals surface area contributed by atoms with Crippen LogP contribution in [0.5, 0.6) is 0 Å². The van der Waals surface area contributed by atoms with Crippen molar-refractivity contribution >= 4 is 0 Å². The van der Waals surface area contributed by atoms with Gasteiger partial charge in [-0.1, -0.05) is 5.92 Å². The SMILES string of the molecule is C#CC(C)NCCC(F)(F)F. The fraction of sp³-hybridized carbons (Fsp3) is 0.714. The van der Waals surface area contributed by atoms with E-state index in [1.54, 1.807) is 6.92 Å². The maximum Gasteiger partial charge on any atom is 0.390 e. The second-order valence-electron chi connectivity index (χ2n) is 2.21. The summed E-state index contributed by atoms with van der Waals surface area (Å²) < 4.78 is 34.6. The van der Waals surface area contributed by atoms with E-state index in [1.807, 2.05) is 0 Å². The highest BCUT2D eigenvalue weighted by molar-refractivity contribution is 4.95. The van der Waals surface area contributed by atoms with Crippen molar-refractivity contribution in [3.63, 3.8) is 0 Å². The molecular weight excluding hydrogens is 155 g/mol. The lowest BCUT2D eigenvalue weighted by Crippen LogP contribution is -2.28. The van der Waals surface area contributed by atoms with E-state index in [0.717, 1.165) is 0 Å². The molecule has 1 N–H and O–H groups in total. The fourth-order valence-electron chi connectivity index (χ4n) is 0.489. The summed E-state index contributed by atoms with van der Waals surface area (Å²) in [6.45, 7) is 1.52. The van der Waals surface area contributed by atoms with Crippen molar-refractivity contribution in [2.75, 3.05) is 6.54 Å². The molecule has 0 bridgehead atoms. The molecule has 0 amide bonds. The summed E-state index contributed by atoms with van der Waals surface area (Å²) in [6, 6.07) is -0.294. The van der Waals surface area contributed by atoms with Crippen LogP contribution < -0.4 is 5.32 Å². The van der Waals surface area contributed by atoms with Crippen LogP contribution in [0.2, 0.25) is 0 Å². The lowest BCUT2D eigenvalue weighted by molar-refractivity contribution is -0.133. The molecule has 1 atom stereocenters. The van der Waals surface area contributed by atoms with E-state index >= 15 is 0 Å². The highest BCUT2D eigenvalue weighted by Gasteiger charge is 2.26. The standard InChI is InChI=1S/C7H10F3N/c1-3-6(2)11-5-4-7(8,9)10/h1,6,11H,4-5H2,2H3. The van der Waals surface area contributed by atoms with Crippen LogP contribution in [0.4, 0.5) is 13.2 Å². The molecule has 0 aliphatic rings. The van der Waals surface area contributed by atoms with E-state index in [1.165, 1.54) is 0 Å². The van der Waals surface area contributed by atoms with Crippen LogP contribution in [0.15, 0.2) is 0 Å². The molecule has 0 spiro atoms. The monoisotopic (exact) mass is 165 g/mol. The van der Waals surface area contributed by atoms with Crippen LogP contribution in [0.25, 0.3) is 0 Å². The third kappa shape index (κ3) is 7.20. The zero-order valence-electron chi connectivity index (χ0n) is 6.20. The molecule has 1 nitrogen and oxygen atoms in total. The van der Waals surface area contributed by atoms with Gasteiger partial charge in [0.25, 0.3) is 0 Å². The highest BCUT2D eigenvalue weighted by atomic mass is 19.4. The molecule has 0 aromatic rings. The molecule has 0 rings (SSSR count). The van der Waals surface area contributed by atoms with Crippen LogP contribution in [0, 0.1) is 12.3 Å². The first-order chi connectivity index (χ1) is 4.95. The number of halogens is 3. The minimum absolute atomic E-state index is 0.116. The molecule has 1 unspecified atom stereocenters. The molecule has 11 heavy (non-hydrogen) atoms. The molecular formula is C7H10F3N. The van der Waals surface area contributed by atoms with Gasteiger partial charge in [0, 0.05) is 6.54 Å². The second kappa shape index (κ2) is 4.24. The van der Waals surface area contributed by atoms with Gasteiger partial charge in [-0.25, -0.2) is 0 Å². The molecule has 0 heterocycles. The summed E-state index contributed by atoms with van der Waals surface area (Å²) in [5.74, 6) is 2.27. The summed E-state index contributed by atoms with van der Waals surface area (Å²) in [6.07, 6.45) is -0.00211. The van der Waals surface area contributed by atoms with Crippen molar-refractivity contribution in [2.45, 2.75) is 25.6 Å². The molecule has 0 fully saturated rings. The Balaban J connectivity index is 3.37. The molecule has 0 saturated carbocycles. The number of rotatable bonds is 3. The van der Waals surface area contributed by atoms with E-state index < -0.39 is 12.6 Å². The minimum atomic E-state index is -4.10. The zero-order valence-corrected chi connectivity index (χ0v) is 6.20. The topological polar surface area (TPSA) is 12.0 Å². The van der Waals surface area contributed by atoms with E-state index in [4.69, 9.17) is 6.42 Å². The Morgan fingerprint density at radius 1 is 1.55 bits per heavy atom. The maximum atomic E-state index is 11.5. The quantitative estimate of drug-likeness (QED) is 0.625. The smallest absolute Gasteiger partial charge is 0.304 e. The van der Waals surface area contributed by atoms with Crippen molar-refractivity contribution in [3.8, 4) is 12.3 Å². The molecule has 0 aromatic carbocycles. The lowest BCUT2D eigenvalue weighted by Gasteiger charge is -2.08. The van der Waals surface area contributed by atoms with Crippen LogP contribution >= 0.6 is 0 Å². The normalized spacial score (nSPS) is 14.1. The van der Waals surface area contributed by atoms with Crippen LogP contribution in [-0.2, 0) is 0 Å². The number of terminal acetylenes is 1. The van der Waals surface area contributed by atoms with Crippen LogP contribution in [0.3, 0.4) is 0 Å². The van der Waals surface area contributed by atoms with Gasteiger partial charge in [-0.3, -0.25) is 0 Å². The van der Waals surface area contributed by atoms with Gasteiger partial charge in [0.05, 0.1) is 12.5 Å². The Bertz CT molecular complexity index is 145. The third-order valence-electron chi connectivity index (χ3n) is 1.11. The molecule has 0 saturated heterocycles. The lowest BCUT2D eigenvalue weighted by atomic mass is 10.3. The molecule has 0 aliphatic heterocycles. The van der Waals surface area contributed by atoms with Crippen molar-refractivity contribution < 1.29 is 13.2 Å². The molecule has 0 aliphatic carbocycles.